The molecule has 18 heavy (non-hydrogen) atoms. The lowest BCUT2D eigenvalue weighted by Gasteiger charge is -2.22. The van der Waals surface area contributed by atoms with Gasteiger partial charge in [0.25, 0.3) is 0 Å². The minimum absolute atomic E-state index is 0.127. The molecular weight excluding hydrogens is 236 g/mol. The molecule has 0 aliphatic rings. The average molecular weight is 254 g/mol. The zero-order valence-corrected chi connectivity index (χ0v) is 10.8. The van der Waals surface area contributed by atoms with Crippen molar-refractivity contribution in [2.24, 2.45) is 0 Å². The number of carbonyl (C=O) groups excluding carboxylic acids is 2. The van der Waals surface area contributed by atoms with Gasteiger partial charge in [0.2, 0.25) is 0 Å². The molecule has 0 aliphatic heterocycles. The Morgan fingerprint density at radius 3 is 2.72 bits per heavy atom. The van der Waals surface area contributed by atoms with E-state index in [-0.39, 0.29) is 19.2 Å². The van der Waals surface area contributed by atoms with Gasteiger partial charge in [0.05, 0.1) is 18.9 Å². The predicted octanol–water partition coefficient (Wildman–Crippen LogP) is 0.562. The van der Waals surface area contributed by atoms with Crippen molar-refractivity contribution in [1.82, 2.24) is 10.2 Å². The van der Waals surface area contributed by atoms with E-state index >= 15 is 0 Å². The van der Waals surface area contributed by atoms with E-state index in [1.807, 2.05) is 25.1 Å². The maximum Gasteiger partial charge on any atom is 0.396 e. The van der Waals surface area contributed by atoms with Crippen LogP contribution in [0, 0.1) is 0 Å². The third kappa shape index (κ3) is 3.89. The zero-order valence-electron chi connectivity index (χ0n) is 10.8. The predicted molar refractivity (Wildman–Crippen MR) is 64.8 cm³/mol. The number of furan rings is 1. The van der Waals surface area contributed by atoms with E-state index < -0.39 is 11.9 Å². The zero-order chi connectivity index (χ0) is 13.5. The second kappa shape index (κ2) is 6.80. The summed E-state index contributed by atoms with van der Waals surface area (Å²) in [4.78, 5) is 24.4. The fourth-order valence-electron chi connectivity index (χ4n) is 1.48. The molecule has 0 saturated carbocycles. The normalized spacial score (nSPS) is 12.2. The SMILES string of the molecule is CCOC(=O)C(=O)NCC(c1ccco1)N(C)C. The highest BCUT2D eigenvalue weighted by atomic mass is 16.5. The summed E-state index contributed by atoms with van der Waals surface area (Å²) in [6, 6.07) is 3.47. The molecule has 0 fully saturated rings. The summed E-state index contributed by atoms with van der Waals surface area (Å²) in [5.41, 5.74) is 0. The Morgan fingerprint density at radius 2 is 2.22 bits per heavy atom. The van der Waals surface area contributed by atoms with Crippen LogP contribution in [-0.2, 0) is 14.3 Å². The van der Waals surface area contributed by atoms with Crippen molar-refractivity contribution >= 4 is 11.9 Å². The second-order valence-corrected chi connectivity index (χ2v) is 3.93. The van der Waals surface area contributed by atoms with E-state index in [4.69, 9.17) is 4.42 Å². The summed E-state index contributed by atoms with van der Waals surface area (Å²) >= 11 is 0. The summed E-state index contributed by atoms with van der Waals surface area (Å²) in [5, 5.41) is 2.52. The molecule has 1 atom stereocenters. The molecule has 1 aromatic heterocycles. The Kier molecular flexibility index (Phi) is 5.38. The summed E-state index contributed by atoms with van der Waals surface area (Å²) < 4.78 is 9.89. The number of nitrogens with one attached hydrogen (secondary N) is 1. The molecule has 0 spiro atoms. The smallest absolute Gasteiger partial charge is 0.396 e. The van der Waals surface area contributed by atoms with Crippen LogP contribution in [0.25, 0.3) is 0 Å². The number of amides is 1. The van der Waals surface area contributed by atoms with Gasteiger partial charge in [-0.1, -0.05) is 0 Å². The van der Waals surface area contributed by atoms with Gasteiger partial charge in [-0.05, 0) is 33.2 Å². The third-order valence-electron chi connectivity index (χ3n) is 2.41. The van der Waals surface area contributed by atoms with Crippen LogP contribution in [0.1, 0.15) is 18.7 Å². The number of likely N-dealkylation sites (N-methyl/N-ethyl adjacent to an activating group) is 1. The molecule has 1 aromatic rings. The highest BCUT2D eigenvalue weighted by Crippen LogP contribution is 2.17. The van der Waals surface area contributed by atoms with Crippen molar-refractivity contribution < 1.29 is 18.7 Å². The van der Waals surface area contributed by atoms with E-state index in [0.717, 1.165) is 5.76 Å². The summed E-state index contributed by atoms with van der Waals surface area (Å²) in [6.07, 6.45) is 1.57. The molecule has 0 saturated heterocycles. The van der Waals surface area contributed by atoms with Gasteiger partial charge in [-0.15, -0.1) is 0 Å². The fraction of sp³-hybridized carbons (Fsp3) is 0.500. The number of nitrogens with zero attached hydrogens (tertiary/aromatic N) is 1. The lowest BCUT2D eigenvalue weighted by atomic mass is 10.2. The average Bonchev–Trinajstić information content (AvgIpc) is 2.82. The number of hydrogen-bond donors (Lipinski definition) is 1. The minimum atomic E-state index is -0.866. The minimum Gasteiger partial charge on any atom is -0.468 e. The quantitative estimate of drug-likeness (QED) is 0.614. The molecule has 1 heterocycles. The van der Waals surface area contributed by atoms with Crippen LogP contribution in [0.15, 0.2) is 22.8 Å². The van der Waals surface area contributed by atoms with E-state index in [1.54, 1.807) is 19.3 Å². The van der Waals surface area contributed by atoms with Crippen molar-refractivity contribution in [3.05, 3.63) is 24.2 Å². The van der Waals surface area contributed by atoms with E-state index in [0.29, 0.717) is 0 Å². The molecule has 1 N–H and O–H groups in total. The summed E-state index contributed by atoms with van der Waals surface area (Å²) in [5.74, 6) is -0.881. The van der Waals surface area contributed by atoms with Crippen LogP contribution in [0.3, 0.4) is 0 Å². The summed E-state index contributed by atoms with van der Waals surface area (Å²) in [6.45, 7) is 2.11. The maximum atomic E-state index is 11.4. The summed E-state index contributed by atoms with van der Waals surface area (Å²) in [7, 11) is 3.73. The van der Waals surface area contributed by atoms with Gasteiger partial charge in [0, 0.05) is 6.54 Å². The Morgan fingerprint density at radius 1 is 1.50 bits per heavy atom. The number of esters is 1. The van der Waals surface area contributed by atoms with E-state index in [1.165, 1.54) is 0 Å². The molecule has 6 nitrogen and oxygen atoms in total. The van der Waals surface area contributed by atoms with Crippen LogP contribution in [0.2, 0.25) is 0 Å². The molecule has 0 aliphatic carbocycles. The van der Waals surface area contributed by atoms with Gasteiger partial charge in [0.15, 0.2) is 0 Å². The molecule has 0 bridgehead atoms. The Labute approximate surface area is 106 Å². The molecule has 1 amide bonds. The standard InChI is InChI=1S/C12H18N2O4/c1-4-17-12(16)11(15)13-8-9(14(2)3)10-6-5-7-18-10/h5-7,9H,4,8H2,1-3H3,(H,13,15). The lowest BCUT2D eigenvalue weighted by molar-refractivity contribution is -0.154. The van der Waals surface area contributed by atoms with E-state index in [9.17, 15) is 9.59 Å². The monoisotopic (exact) mass is 254 g/mol. The Hall–Kier alpha value is -1.82. The van der Waals surface area contributed by atoms with Gasteiger partial charge >= 0.3 is 11.9 Å². The van der Waals surface area contributed by atoms with Gasteiger partial charge in [-0.3, -0.25) is 9.69 Å². The first kappa shape index (κ1) is 14.2. The number of ether oxygens (including phenoxy) is 1. The van der Waals surface area contributed by atoms with Crippen LogP contribution in [-0.4, -0.2) is 44.0 Å². The molecule has 1 unspecified atom stereocenters. The first-order valence-electron chi connectivity index (χ1n) is 5.71. The van der Waals surface area contributed by atoms with Crippen molar-refractivity contribution in [3.8, 4) is 0 Å². The first-order chi connectivity index (χ1) is 8.56. The molecule has 1 rings (SSSR count). The van der Waals surface area contributed by atoms with Crippen LogP contribution >= 0.6 is 0 Å². The van der Waals surface area contributed by atoms with Crippen LogP contribution in [0.4, 0.5) is 0 Å². The molecule has 0 radical (unpaired) electrons. The molecule has 100 valence electrons. The van der Waals surface area contributed by atoms with Crippen molar-refractivity contribution in [2.45, 2.75) is 13.0 Å². The van der Waals surface area contributed by atoms with Crippen molar-refractivity contribution in [2.75, 3.05) is 27.2 Å². The van der Waals surface area contributed by atoms with Gasteiger partial charge in [0.1, 0.15) is 5.76 Å². The van der Waals surface area contributed by atoms with Gasteiger partial charge in [-0.25, -0.2) is 4.79 Å². The van der Waals surface area contributed by atoms with Crippen LogP contribution < -0.4 is 5.32 Å². The highest BCUT2D eigenvalue weighted by Gasteiger charge is 2.20. The van der Waals surface area contributed by atoms with Crippen LogP contribution in [0.5, 0.6) is 0 Å². The largest absolute Gasteiger partial charge is 0.468 e. The molecular formula is C12H18N2O4. The number of carbonyl (C=O) groups is 2. The van der Waals surface area contributed by atoms with E-state index in [2.05, 4.69) is 10.1 Å². The Balaban J connectivity index is 2.54. The topological polar surface area (TPSA) is 71.8 Å². The lowest BCUT2D eigenvalue weighted by Crippen LogP contribution is -2.38. The highest BCUT2D eigenvalue weighted by molar-refractivity contribution is 6.32. The molecule has 6 heteroatoms. The number of hydrogen-bond acceptors (Lipinski definition) is 5. The van der Waals surface area contributed by atoms with Gasteiger partial charge < -0.3 is 14.5 Å². The van der Waals surface area contributed by atoms with Crippen molar-refractivity contribution in [1.29, 1.82) is 0 Å². The number of rotatable bonds is 5. The Bertz CT molecular complexity index is 387. The van der Waals surface area contributed by atoms with Crippen molar-refractivity contribution in [3.63, 3.8) is 0 Å². The third-order valence-corrected chi connectivity index (χ3v) is 2.41. The first-order valence-corrected chi connectivity index (χ1v) is 5.71. The fourth-order valence-corrected chi connectivity index (χ4v) is 1.48. The van der Waals surface area contributed by atoms with Gasteiger partial charge in [-0.2, -0.15) is 0 Å². The molecule has 0 aromatic carbocycles. The second-order valence-electron chi connectivity index (χ2n) is 3.93. The maximum absolute atomic E-state index is 11.4.